The van der Waals surface area contributed by atoms with Crippen LogP contribution in [0.1, 0.15) is 46.5 Å². The molecule has 0 saturated carbocycles. The number of carbonyl (C=O) groups excluding carboxylic acids is 1. The zero-order valence-corrected chi connectivity index (χ0v) is 12.0. The lowest BCUT2D eigenvalue weighted by molar-refractivity contribution is -0.116. The molecule has 0 rings (SSSR count). The van der Waals surface area contributed by atoms with Gasteiger partial charge < -0.3 is 5.32 Å². The van der Waals surface area contributed by atoms with Gasteiger partial charge in [0.25, 0.3) is 0 Å². The summed E-state index contributed by atoms with van der Waals surface area (Å²) < 4.78 is 0. The third-order valence-corrected chi connectivity index (χ3v) is 2.30. The van der Waals surface area contributed by atoms with Crippen molar-refractivity contribution >= 4 is 5.91 Å². The number of hydrogen-bond acceptors (Lipinski definition) is 1. The number of nitrogens with one attached hydrogen (secondary N) is 1. The van der Waals surface area contributed by atoms with Crippen LogP contribution in [-0.2, 0) is 4.79 Å². The molecule has 18 heavy (non-hydrogen) atoms. The van der Waals surface area contributed by atoms with E-state index in [1.807, 2.05) is 6.08 Å². The molecule has 0 spiro atoms. The molecule has 0 aromatic carbocycles. The Morgan fingerprint density at radius 3 is 2.39 bits per heavy atom. The van der Waals surface area contributed by atoms with Gasteiger partial charge in [0.15, 0.2) is 0 Å². The monoisotopic (exact) mass is 249 g/mol. The molecule has 0 aromatic rings. The lowest BCUT2D eigenvalue weighted by Crippen LogP contribution is -2.25. The highest BCUT2D eigenvalue weighted by atomic mass is 16.1. The Bertz CT molecular complexity index is 287. The molecule has 0 heterocycles. The van der Waals surface area contributed by atoms with E-state index in [9.17, 15) is 4.79 Å². The molecule has 102 valence electrons. The molecule has 0 aromatic heterocycles. The zero-order valence-electron chi connectivity index (χ0n) is 12.0. The van der Waals surface area contributed by atoms with E-state index in [1.54, 1.807) is 12.2 Å². The van der Waals surface area contributed by atoms with Gasteiger partial charge in [-0.25, -0.2) is 0 Å². The normalized spacial score (nSPS) is 12.2. The molecular formula is C16H27NO. The van der Waals surface area contributed by atoms with Crippen LogP contribution < -0.4 is 5.32 Å². The Kier molecular flexibility index (Phi) is 11.3. The number of hydrogen-bond donors (Lipinski definition) is 1. The average molecular weight is 249 g/mol. The molecule has 0 aliphatic carbocycles. The average Bonchev–Trinajstić information content (AvgIpc) is 2.34. The molecule has 1 amide bonds. The summed E-state index contributed by atoms with van der Waals surface area (Å²) in [5.41, 5.74) is 0. The first-order valence-electron chi connectivity index (χ1n) is 6.92. The SMILES string of the molecule is CCC/C=C\CC/C=C/C=C\C(=O)NCC(C)C. The molecule has 0 aliphatic heterocycles. The van der Waals surface area contributed by atoms with Gasteiger partial charge in [-0.1, -0.05) is 57.6 Å². The van der Waals surface area contributed by atoms with Crippen LogP contribution in [0.3, 0.4) is 0 Å². The van der Waals surface area contributed by atoms with E-state index in [-0.39, 0.29) is 5.91 Å². The minimum atomic E-state index is -0.0174. The highest BCUT2D eigenvalue weighted by Gasteiger charge is 1.95. The van der Waals surface area contributed by atoms with Crippen molar-refractivity contribution in [3.8, 4) is 0 Å². The van der Waals surface area contributed by atoms with E-state index in [0.29, 0.717) is 5.92 Å². The van der Waals surface area contributed by atoms with Crippen LogP contribution in [0.15, 0.2) is 36.5 Å². The summed E-state index contributed by atoms with van der Waals surface area (Å²) in [4.78, 5) is 11.3. The Morgan fingerprint density at radius 2 is 1.72 bits per heavy atom. The maximum absolute atomic E-state index is 11.3. The second kappa shape index (κ2) is 12.2. The van der Waals surface area contributed by atoms with E-state index in [2.05, 4.69) is 44.3 Å². The number of unbranched alkanes of at least 4 members (excludes halogenated alkanes) is 2. The predicted molar refractivity (Wildman–Crippen MR) is 79.4 cm³/mol. The zero-order chi connectivity index (χ0) is 13.6. The van der Waals surface area contributed by atoms with Gasteiger partial charge in [-0.05, 0) is 25.2 Å². The van der Waals surface area contributed by atoms with Gasteiger partial charge in [0.1, 0.15) is 0 Å². The number of rotatable bonds is 9. The number of amides is 1. The molecule has 0 bridgehead atoms. The third kappa shape index (κ3) is 12.8. The van der Waals surface area contributed by atoms with E-state index in [0.717, 1.165) is 19.4 Å². The van der Waals surface area contributed by atoms with Gasteiger partial charge in [0, 0.05) is 12.6 Å². The van der Waals surface area contributed by atoms with Crippen molar-refractivity contribution in [2.75, 3.05) is 6.54 Å². The van der Waals surface area contributed by atoms with E-state index < -0.39 is 0 Å². The van der Waals surface area contributed by atoms with Crippen LogP contribution in [0, 0.1) is 5.92 Å². The molecular weight excluding hydrogens is 222 g/mol. The van der Waals surface area contributed by atoms with Crippen molar-refractivity contribution in [2.24, 2.45) is 5.92 Å². The summed E-state index contributed by atoms with van der Waals surface area (Å²) >= 11 is 0. The van der Waals surface area contributed by atoms with Crippen molar-refractivity contribution in [1.82, 2.24) is 5.32 Å². The molecule has 2 heteroatoms. The van der Waals surface area contributed by atoms with Crippen molar-refractivity contribution in [3.63, 3.8) is 0 Å². The fraction of sp³-hybridized carbons (Fsp3) is 0.562. The summed E-state index contributed by atoms with van der Waals surface area (Å²) in [7, 11) is 0. The predicted octanol–water partition coefficient (Wildman–Crippen LogP) is 4.01. The maximum Gasteiger partial charge on any atom is 0.243 e. The summed E-state index contributed by atoms with van der Waals surface area (Å²) in [5.74, 6) is 0.476. The fourth-order valence-electron chi connectivity index (χ4n) is 1.28. The smallest absolute Gasteiger partial charge is 0.243 e. The van der Waals surface area contributed by atoms with Crippen molar-refractivity contribution in [3.05, 3.63) is 36.5 Å². The minimum absolute atomic E-state index is 0.0174. The minimum Gasteiger partial charge on any atom is -0.352 e. The second-order valence-electron chi connectivity index (χ2n) is 4.76. The van der Waals surface area contributed by atoms with Crippen molar-refractivity contribution < 1.29 is 4.79 Å². The van der Waals surface area contributed by atoms with Crippen LogP contribution in [0.25, 0.3) is 0 Å². The second-order valence-corrected chi connectivity index (χ2v) is 4.76. The molecule has 0 aliphatic rings. The Hall–Kier alpha value is -1.31. The van der Waals surface area contributed by atoms with Crippen molar-refractivity contribution in [2.45, 2.75) is 46.5 Å². The molecule has 0 fully saturated rings. The van der Waals surface area contributed by atoms with Crippen molar-refractivity contribution in [1.29, 1.82) is 0 Å². The summed E-state index contributed by atoms with van der Waals surface area (Å²) in [6.45, 7) is 7.07. The Labute approximate surface area is 112 Å². The van der Waals surface area contributed by atoms with E-state index in [1.165, 1.54) is 12.8 Å². The highest BCUT2D eigenvalue weighted by molar-refractivity contribution is 5.87. The first-order valence-corrected chi connectivity index (χ1v) is 6.92. The first-order chi connectivity index (χ1) is 8.66. The van der Waals surface area contributed by atoms with Crippen LogP contribution in [0.4, 0.5) is 0 Å². The molecule has 1 N–H and O–H groups in total. The number of allylic oxidation sites excluding steroid dienone is 5. The van der Waals surface area contributed by atoms with Gasteiger partial charge in [0.05, 0.1) is 0 Å². The first kappa shape index (κ1) is 16.7. The quantitative estimate of drug-likeness (QED) is 0.284. The van der Waals surface area contributed by atoms with Gasteiger partial charge in [-0.3, -0.25) is 4.79 Å². The summed E-state index contributed by atoms with van der Waals surface area (Å²) in [6.07, 6.45) is 16.3. The molecule has 0 saturated heterocycles. The molecule has 0 radical (unpaired) electrons. The topological polar surface area (TPSA) is 29.1 Å². The standard InChI is InChI=1S/C16H27NO/c1-4-5-6-7-8-9-10-11-12-13-16(18)17-14-15(2)3/h6-7,10-13,15H,4-5,8-9,14H2,1-3H3,(H,17,18)/b7-6-,11-10+,13-12-. The lowest BCUT2D eigenvalue weighted by atomic mass is 10.2. The van der Waals surface area contributed by atoms with Crippen LogP contribution in [0.5, 0.6) is 0 Å². The molecule has 0 atom stereocenters. The third-order valence-electron chi connectivity index (χ3n) is 2.30. The van der Waals surface area contributed by atoms with E-state index >= 15 is 0 Å². The van der Waals surface area contributed by atoms with Gasteiger partial charge >= 0.3 is 0 Å². The largest absolute Gasteiger partial charge is 0.352 e. The highest BCUT2D eigenvalue weighted by Crippen LogP contribution is 1.96. The Balaban J connectivity index is 3.58. The molecule has 0 unspecified atom stereocenters. The fourth-order valence-corrected chi connectivity index (χ4v) is 1.28. The summed E-state index contributed by atoms with van der Waals surface area (Å²) in [5, 5.41) is 2.84. The van der Waals surface area contributed by atoms with Gasteiger partial charge in [-0.15, -0.1) is 0 Å². The summed E-state index contributed by atoms with van der Waals surface area (Å²) in [6, 6.07) is 0. The number of carbonyl (C=O) groups is 1. The van der Waals surface area contributed by atoms with E-state index in [4.69, 9.17) is 0 Å². The Morgan fingerprint density at radius 1 is 1.06 bits per heavy atom. The van der Waals surface area contributed by atoms with Gasteiger partial charge in [0.2, 0.25) is 5.91 Å². The van der Waals surface area contributed by atoms with Gasteiger partial charge in [-0.2, -0.15) is 0 Å². The maximum atomic E-state index is 11.3. The van der Waals surface area contributed by atoms with Crippen LogP contribution in [-0.4, -0.2) is 12.5 Å². The lowest BCUT2D eigenvalue weighted by Gasteiger charge is -2.03. The van der Waals surface area contributed by atoms with Crippen LogP contribution >= 0.6 is 0 Å². The van der Waals surface area contributed by atoms with Crippen LogP contribution in [0.2, 0.25) is 0 Å². The molecule has 2 nitrogen and oxygen atoms in total.